The largest absolute Gasteiger partial charge is 0.324 e. The summed E-state index contributed by atoms with van der Waals surface area (Å²) >= 11 is 0. The summed E-state index contributed by atoms with van der Waals surface area (Å²) < 4.78 is 0. The Hall–Kier alpha value is -0.530. The molecule has 0 bridgehead atoms. The Balaban J connectivity index is 0.00000169. The van der Waals surface area contributed by atoms with Gasteiger partial charge in [0, 0.05) is 6.04 Å². The van der Waals surface area contributed by atoms with Crippen LogP contribution >= 0.6 is 12.4 Å². The maximum atomic E-state index is 5.83. The third-order valence-electron chi connectivity index (χ3n) is 2.28. The maximum Gasteiger partial charge on any atom is 0.0266 e. The number of rotatable bonds is 1. The molecule has 1 aromatic carbocycles. The lowest BCUT2D eigenvalue weighted by Crippen LogP contribution is -2.13. The number of halogens is 1. The quantitative estimate of drug-likeness (QED) is 0.760. The van der Waals surface area contributed by atoms with Gasteiger partial charge in [0.25, 0.3) is 0 Å². The van der Waals surface area contributed by atoms with Crippen molar-refractivity contribution in [3.63, 3.8) is 0 Å². The van der Waals surface area contributed by atoms with Gasteiger partial charge in [-0.05, 0) is 23.5 Å². The van der Waals surface area contributed by atoms with Gasteiger partial charge in [-0.25, -0.2) is 0 Å². The molecule has 0 aliphatic carbocycles. The van der Waals surface area contributed by atoms with Gasteiger partial charge in [0.2, 0.25) is 0 Å². The van der Waals surface area contributed by atoms with Crippen molar-refractivity contribution in [3.05, 3.63) is 35.4 Å². The van der Waals surface area contributed by atoms with Crippen molar-refractivity contribution in [1.29, 1.82) is 0 Å². The van der Waals surface area contributed by atoms with E-state index in [1.165, 1.54) is 11.1 Å². The molecule has 0 aliphatic rings. The highest BCUT2D eigenvalue weighted by Crippen LogP contribution is 2.24. The molecule has 1 rings (SSSR count). The smallest absolute Gasteiger partial charge is 0.0266 e. The van der Waals surface area contributed by atoms with Crippen LogP contribution in [0.3, 0.4) is 0 Å². The van der Waals surface area contributed by atoms with Gasteiger partial charge in [0.1, 0.15) is 0 Å². The van der Waals surface area contributed by atoms with Gasteiger partial charge >= 0.3 is 0 Å². The summed E-state index contributed by atoms with van der Waals surface area (Å²) in [6.45, 7) is 8.66. The fourth-order valence-corrected chi connectivity index (χ4v) is 1.29. The normalized spacial score (nSPS) is 13.2. The summed E-state index contributed by atoms with van der Waals surface area (Å²) in [5.41, 5.74) is 8.60. The SMILES string of the molecule is CC(N)c1cccc(C(C)(C)C)c1.Cl. The molecule has 0 aliphatic heterocycles. The van der Waals surface area contributed by atoms with Crippen molar-refractivity contribution < 1.29 is 0 Å². The van der Waals surface area contributed by atoms with Crippen molar-refractivity contribution >= 4 is 12.4 Å². The minimum absolute atomic E-state index is 0. The van der Waals surface area contributed by atoms with Crippen LogP contribution < -0.4 is 5.73 Å². The van der Waals surface area contributed by atoms with Crippen LogP contribution in [0.15, 0.2) is 24.3 Å². The summed E-state index contributed by atoms with van der Waals surface area (Å²) in [6, 6.07) is 8.65. The second kappa shape index (κ2) is 4.81. The van der Waals surface area contributed by atoms with E-state index in [0.717, 1.165) is 0 Å². The standard InChI is InChI=1S/C12H19N.ClH/c1-9(13)10-6-5-7-11(8-10)12(2,3)4;/h5-9H,13H2,1-4H3;1H. The molecule has 2 N–H and O–H groups in total. The zero-order valence-electron chi connectivity index (χ0n) is 9.37. The Bertz CT molecular complexity index is 287. The first-order valence-electron chi connectivity index (χ1n) is 4.77. The van der Waals surface area contributed by atoms with Crippen LogP contribution in [0, 0.1) is 0 Å². The summed E-state index contributed by atoms with van der Waals surface area (Å²) in [5.74, 6) is 0. The first-order valence-corrected chi connectivity index (χ1v) is 4.77. The van der Waals surface area contributed by atoms with E-state index in [1.807, 2.05) is 6.92 Å². The van der Waals surface area contributed by atoms with E-state index >= 15 is 0 Å². The van der Waals surface area contributed by atoms with E-state index < -0.39 is 0 Å². The second-order valence-corrected chi connectivity index (χ2v) is 4.66. The zero-order chi connectivity index (χ0) is 10.1. The lowest BCUT2D eigenvalue weighted by atomic mass is 9.85. The van der Waals surface area contributed by atoms with Gasteiger partial charge in [0.05, 0.1) is 0 Å². The fraction of sp³-hybridized carbons (Fsp3) is 0.500. The van der Waals surface area contributed by atoms with E-state index in [0.29, 0.717) is 0 Å². The lowest BCUT2D eigenvalue weighted by molar-refractivity contribution is 0.588. The molecule has 0 saturated carbocycles. The monoisotopic (exact) mass is 213 g/mol. The van der Waals surface area contributed by atoms with Gasteiger partial charge in [0.15, 0.2) is 0 Å². The highest BCUT2D eigenvalue weighted by Gasteiger charge is 2.13. The van der Waals surface area contributed by atoms with E-state index in [-0.39, 0.29) is 23.9 Å². The van der Waals surface area contributed by atoms with Crippen LogP contribution in [0.2, 0.25) is 0 Å². The molecule has 0 fully saturated rings. The third-order valence-corrected chi connectivity index (χ3v) is 2.28. The number of nitrogens with two attached hydrogens (primary N) is 1. The summed E-state index contributed by atoms with van der Waals surface area (Å²) in [6.07, 6.45) is 0. The fourth-order valence-electron chi connectivity index (χ4n) is 1.29. The molecule has 0 saturated heterocycles. The minimum Gasteiger partial charge on any atom is -0.324 e. The van der Waals surface area contributed by atoms with Crippen LogP contribution in [0.5, 0.6) is 0 Å². The Morgan fingerprint density at radius 1 is 1.21 bits per heavy atom. The Morgan fingerprint density at radius 2 is 1.79 bits per heavy atom. The van der Waals surface area contributed by atoms with E-state index in [4.69, 9.17) is 5.73 Å². The number of benzene rings is 1. The lowest BCUT2D eigenvalue weighted by Gasteiger charge is -2.20. The highest BCUT2D eigenvalue weighted by atomic mass is 35.5. The summed E-state index contributed by atoms with van der Waals surface area (Å²) in [4.78, 5) is 0. The molecule has 0 radical (unpaired) electrons. The van der Waals surface area contributed by atoms with E-state index in [1.54, 1.807) is 0 Å². The molecule has 1 aromatic rings. The van der Waals surface area contributed by atoms with Crippen molar-refractivity contribution in [1.82, 2.24) is 0 Å². The molecule has 0 heterocycles. The molecule has 2 heteroatoms. The second-order valence-electron chi connectivity index (χ2n) is 4.66. The van der Waals surface area contributed by atoms with Crippen molar-refractivity contribution in [2.75, 3.05) is 0 Å². The van der Waals surface area contributed by atoms with Crippen LogP contribution in [-0.2, 0) is 5.41 Å². The average molecular weight is 214 g/mol. The first-order chi connectivity index (χ1) is 5.91. The molecule has 1 atom stereocenters. The number of hydrogen-bond donors (Lipinski definition) is 1. The summed E-state index contributed by atoms with van der Waals surface area (Å²) in [5, 5.41) is 0. The third kappa shape index (κ3) is 3.32. The molecule has 14 heavy (non-hydrogen) atoms. The molecule has 0 amide bonds. The molecule has 80 valence electrons. The predicted octanol–water partition coefficient (Wildman–Crippen LogP) is 3.43. The predicted molar refractivity (Wildman–Crippen MR) is 65.0 cm³/mol. The molecular formula is C12H20ClN. The van der Waals surface area contributed by atoms with Gasteiger partial charge in [-0.3, -0.25) is 0 Å². The molecule has 1 unspecified atom stereocenters. The minimum atomic E-state index is 0. The molecule has 1 nitrogen and oxygen atoms in total. The van der Waals surface area contributed by atoms with Crippen LogP contribution in [0.4, 0.5) is 0 Å². The van der Waals surface area contributed by atoms with Crippen molar-refractivity contribution in [2.24, 2.45) is 5.73 Å². The Morgan fingerprint density at radius 3 is 2.21 bits per heavy atom. The summed E-state index contributed by atoms with van der Waals surface area (Å²) in [7, 11) is 0. The van der Waals surface area contributed by atoms with Crippen LogP contribution in [-0.4, -0.2) is 0 Å². The highest BCUT2D eigenvalue weighted by molar-refractivity contribution is 5.85. The maximum absolute atomic E-state index is 5.83. The number of hydrogen-bond acceptors (Lipinski definition) is 1. The molecule has 0 aromatic heterocycles. The van der Waals surface area contributed by atoms with Crippen molar-refractivity contribution in [2.45, 2.75) is 39.2 Å². The van der Waals surface area contributed by atoms with Gasteiger partial charge in [-0.15, -0.1) is 12.4 Å². The van der Waals surface area contributed by atoms with E-state index in [9.17, 15) is 0 Å². The van der Waals surface area contributed by atoms with Gasteiger partial charge in [-0.2, -0.15) is 0 Å². The topological polar surface area (TPSA) is 26.0 Å². The zero-order valence-corrected chi connectivity index (χ0v) is 10.2. The van der Waals surface area contributed by atoms with Crippen LogP contribution in [0.25, 0.3) is 0 Å². The molecule has 0 spiro atoms. The first kappa shape index (κ1) is 13.5. The van der Waals surface area contributed by atoms with Crippen LogP contribution in [0.1, 0.15) is 44.9 Å². The molecular weight excluding hydrogens is 194 g/mol. The van der Waals surface area contributed by atoms with Gasteiger partial charge in [-0.1, -0.05) is 45.0 Å². The Labute approximate surface area is 93.1 Å². The van der Waals surface area contributed by atoms with Gasteiger partial charge < -0.3 is 5.73 Å². The Kier molecular flexibility index (Phi) is 4.63. The van der Waals surface area contributed by atoms with Crippen molar-refractivity contribution in [3.8, 4) is 0 Å². The van der Waals surface area contributed by atoms with E-state index in [2.05, 4.69) is 45.0 Å². The average Bonchev–Trinajstić information content (AvgIpc) is 2.03.